The van der Waals surface area contributed by atoms with Gasteiger partial charge >= 0.3 is 17.9 Å². The minimum Gasteiger partial charge on any atom is -0.458 e. The molecule has 11 atom stereocenters. The maximum Gasteiger partial charge on any atom is 0.338 e. The van der Waals surface area contributed by atoms with Crippen LogP contribution in [0.1, 0.15) is 78.6 Å². The highest BCUT2D eigenvalue weighted by atomic mass is 16.7. The molecule has 10 nitrogen and oxygen atoms in total. The molecular weight excluding hydrogens is 592 g/mol. The lowest BCUT2D eigenvalue weighted by molar-refractivity contribution is -0.366. The van der Waals surface area contributed by atoms with Gasteiger partial charge in [-0.1, -0.05) is 59.4 Å². The Labute approximate surface area is 271 Å². The first kappa shape index (κ1) is 34.3. The molecule has 1 aromatic carbocycles. The summed E-state index contributed by atoms with van der Waals surface area (Å²) in [6.45, 7) is 17.5. The molecule has 1 heterocycles. The number of fused-ring (bicyclic) bond motifs is 2. The maximum absolute atomic E-state index is 14.1. The Balaban J connectivity index is 1.91. The number of aliphatic hydroxyl groups excluding tert-OH is 2. The fourth-order valence-corrected chi connectivity index (χ4v) is 9.28. The third-order valence-electron chi connectivity index (χ3n) is 11.9. The number of hydrogen-bond donors (Lipinski definition) is 2. The lowest BCUT2D eigenvalue weighted by Gasteiger charge is -2.69. The smallest absolute Gasteiger partial charge is 0.338 e. The average Bonchev–Trinajstić information content (AvgIpc) is 2.98. The van der Waals surface area contributed by atoms with Crippen molar-refractivity contribution in [1.82, 2.24) is 0 Å². The molecule has 0 radical (unpaired) electrons. The summed E-state index contributed by atoms with van der Waals surface area (Å²) in [7, 11) is 0. The number of carbonyl (C=O) groups is 3. The molecule has 252 valence electrons. The summed E-state index contributed by atoms with van der Waals surface area (Å²) in [6.07, 6.45) is -3.43. The van der Waals surface area contributed by atoms with Gasteiger partial charge in [-0.15, -0.1) is 0 Å². The number of aliphatic hydroxyl groups is 2. The molecule has 1 saturated heterocycles. The van der Waals surface area contributed by atoms with Crippen molar-refractivity contribution in [3.05, 3.63) is 59.7 Å². The minimum atomic E-state index is -1.58. The van der Waals surface area contributed by atoms with Crippen LogP contribution in [-0.2, 0) is 33.3 Å². The second-order valence-corrected chi connectivity index (χ2v) is 14.6. The van der Waals surface area contributed by atoms with Gasteiger partial charge in [0.2, 0.25) is 0 Å². The minimum absolute atomic E-state index is 0.170. The topological polar surface area (TPSA) is 138 Å². The van der Waals surface area contributed by atoms with Crippen LogP contribution in [0.15, 0.2) is 54.1 Å². The maximum atomic E-state index is 14.1. The Bertz CT molecular complexity index is 1420. The van der Waals surface area contributed by atoms with Gasteiger partial charge in [0.25, 0.3) is 0 Å². The Morgan fingerprint density at radius 1 is 1.04 bits per heavy atom. The van der Waals surface area contributed by atoms with Crippen LogP contribution in [0.4, 0.5) is 0 Å². The van der Waals surface area contributed by atoms with Crippen molar-refractivity contribution in [2.45, 2.75) is 111 Å². The van der Waals surface area contributed by atoms with Crippen LogP contribution in [0.5, 0.6) is 0 Å². The predicted octanol–water partition coefficient (Wildman–Crippen LogP) is 4.52. The van der Waals surface area contributed by atoms with Crippen LogP contribution in [0.3, 0.4) is 0 Å². The first-order chi connectivity index (χ1) is 21.5. The molecule has 3 fully saturated rings. The lowest BCUT2D eigenvalue weighted by atomic mass is 9.41. The van der Waals surface area contributed by atoms with E-state index >= 15 is 0 Å². The number of esters is 3. The van der Waals surface area contributed by atoms with Crippen LogP contribution < -0.4 is 0 Å². The molecule has 4 aliphatic rings. The zero-order valence-corrected chi connectivity index (χ0v) is 28.1. The van der Waals surface area contributed by atoms with E-state index in [4.69, 9.17) is 23.7 Å². The summed E-state index contributed by atoms with van der Waals surface area (Å²) in [5, 5.41) is 23.1. The Morgan fingerprint density at radius 3 is 2.26 bits per heavy atom. The fourth-order valence-electron chi connectivity index (χ4n) is 9.28. The molecule has 2 N–H and O–H groups in total. The highest BCUT2D eigenvalue weighted by Gasteiger charge is 2.75. The molecule has 0 spiro atoms. The molecule has 2 bridgehead atoms. The number of ether oxygens (including phenoxy) is 5. The van der Waals surface area contributed by atoms with Crippen molar-refractivity contribution in [3.8, 4) is 0 Å². The molecule has 1 aliphatic heterocycles. The zero-order valence-electron chi connectivity index (χ0n) is 28.1. The summed E-state index contributed by atoms with van der Waals surface area (Å²) in [4.78, 5) is 39.9. The lowest BCUT2D eigenvalue weighted by Crippen LogP contribution is -2.78. The highest BCUT2D eigenvalue weighted by Crippen LogP contribution is 2.68. The Kier molecular flexibility index (Phi) is 8.86. The van der Waals surface area contributed by atoms with Crippen LogP contribution in [0.2, 0.25) is 0 Å². The van der Waals surface area contributed by atoms with Gasteiger partial charge < -0.3 is 33.9 Å². The van der Waals surface area contributed by atoms with E-state index in [1.54, 1.807) is 30.3 Å². The molecule has 0 amide bonds. The third-order valence-corrected chi connectivity index (χ3v) is 11.9. The number of rotatable bonds is 6. The van der Waals surface area contributed by atoms with Crippen LogP contribution in [0, 0.1) is 28.1 Å². The quantitative estimate of drug-likeness (QED) is 0.259. The highest BCUT2D eigenvalue weighted by molar-refractivity contribution is 5.89. The standard InChI is InChI=1S/C36H48O10/c1-10-26-43-25-16-19(2)36(18-37,46-22(5)39)29-31(45-32(41)23-14-12-11-13-15-23)34(8)17-24(40)20(3)27(33(34,6)7)28(42-21(4)38)30(44-26)35(25,29)9/h10-15,19,24-26,28-31,37,40H,1,16-18H2,2-9H3/t19-,24+,25+,26?,28+,29+,30+,31+,34+,35-,36+/m1/s1. The van der Waals surface area contributed by atoms with Crippen molar-refractivity contribution in [2.24, 2.45) is 28.1 Å². The molecular formula is C36H48O10. The van der Waals surface area contributed by atoms with Crippen LogP contribution >= 0.6 is 0 Å². The molecule has 46 heavy (non-hydrogen) atoms. The van der Waals surface area contributed by atoms with Gasteiger partial charge in [0.05, 0.1) is 24.4 Å². The van der Waals surface area contributed by atoms with Gasteiger partial charge in [-0.05, 0) is 54.5 Å². The monoisotopic (exact) mass is 640 g/mol. The van der Waals surface area contributed by atoms with Crippen molar-refractivity contribution < 1.29 is 48.3 Å². The molecule has 2 saturated carbocycles. The van der Waals surface area contributed by atoms with Crippen molar-refractivity contribution in [3.63, 3.8) is 0 Å². The Morgan fingerprint density at radius 2 is 1.70 bits per heavy atom. The first-order valence-corrected chi connectivity index (χ1v) is 16.1. The van der Waals surface area contributed by atoms with Gasteiger partial charge in [-0.25, -0.2) is 4.79 Å². The van der Waals surface area contributed by atoms with E-state index < -0.39 is 95.0 Å². The molecule has 1 unspecified atom stereocenters. The van der Waals surface area contributed by atoms with E-state index in [2.05, 4.69) is 6.58 Å². The number of benzene rings is 1. The average molecular weight is 641 g/mol. The van der Waals surface area contributed by atoms with Gasteiger partial charge in [0, 0.05) is 36.5 Å². The number of hydrogen-bond acceptors (Lipinski definition) is 10. The fraction of sp³-hybridized carbons (Fsp3) is 0.639. The zero-order chi connectivity index (χ0) is 34.0. The van der Waals surface area contributed by atoms with E-state index in [-0.39, 0.29) is 6.42 Å². The predicted molar refractivity (Wildman–Crippen MR) is 167 cm³/mol. The normalized spacial score (nSPS) is 41.3. The van der Waals surface area contributed by atoms with Gasteiger partial charge in [0.15, 0.2) is 12.4 Å². The van der Waals surface area contributed by atoms with E-state index in [1.807, 2.05) is 41.5 Å². The van der Waals surface area contributed by atoms with E-state index in [0.717, 1.165) is 0 Å². The number of carbonyl (C=O) groups excluding carboxylic acids is 3. The summed E-state index contributed by atoms with van der Waals surface area (Å²) in [6, 6.07) is 8.59. The van der Waals surface area contributed by atoms with Gasteiger partial charge in [0.1, 0.15) is 17.8 Å². The second kappa shape index (κ2) is 11.9. The largest absolute Gasteiger partial charge is 0.458 e. The van der Waals surface area contributed by atoms with Crippen LogP contribution in [0.25, 0.3) is 0 Å². The molecule has 3 aliphatic carbocycles. The first-order valence-electron chi connectivity index (χ1n) is 16.1. The molecule has 0 aromatic heterocycles. The summed E-state index contributed by atoms with van der Waals surface area (Å²) >= 11 is 0. The van der Waals surface area contributed by atoms with Crippen molar-refractivity contribution in [2.75, 3.05) is 6.61 Å². The summed E-state index contributed by atoms with van der Waals surface area (Å²) in [5.74, 6) is -3.20. The molecule has 5 rings (SSSR count). The molecule has 10 heteroatoms. The van der Waals surface area contributed by atoms with Crippen LogP contribution in [-0.4, -0.2) is 77.1 Å². The van der Waals surface area contributed by atoms with Crippen molar-refractivity contribution in [1.29, 1.82) is 0 Å². The Hall–Kier alpha value is -3.05. The third kappa shape index (κ3) is 4.95. The SMILES string of the molecule is C=CC1O[C@H]2C[C@@H](C)[C@](CO)(OC(C)=O)[C@H]3[C@H](OC(=O)c4ccccc4)[C@]4(C)C[C@H](O)C(C)=C([C@H](OC(C)=O)[C@H](O1)[C@]23C)C4(C)C. The van der Waals surface area contributed by atoms with E-state index in [1.165, 1.54) is 19.9 Å². The summed E-state index contributed by atoms with van der Waals surface area (Å²) in [5.41, 5.74) is -3.08. The van der Waals surface area contributed by atoms with Gasteiger partial charge in [-0.2, -0.15) is 0 Å². The molecule has 1 aromatic rings. The van der Waals surface area contributed by atoms with E-state index in [0.29, 0.717) is 23.1 Å². The second-order valence-electron chi connectivity index (χ2n) is 14.6. The van der Waals surface area contributed by atoms with E-state index in [9.17, 15) is 24.6 Å². The van der Waals surface area contributed by atoms with Gasteiger partial charge in [-0.3, -0.25) is 9.59 Å². The summed E-state index contributed by atoms with van der Waals surface area (Å²) < 4.78 is 32.3. The van der Waals surface area contributed by atoms with Crippen molar-refractivity contribution >= 4 is 17.9 Å².